The zero-order chi connectivity index (χ0) is 44.1. The predicted octanol–water partition coefficient (Wildman–Crippen LogP) is 17.0. The lowest BCUT2D eigenvalue weighted by Gasteiger charge is -2.33. The molecule has 8 aromatic carbocycles. The van der Waals surface area contributed by atoms with Gasteiger partial charge in [0.25, 0.3) is 0 Å². The molecule has 0 fully saturated rings. The van der Waals surface area contributed by atoms with Gasteiger partial charge >= 0.3 is 0 Å². The minimum Gasteiger partial charge on any atom is -0.311 e. The van der Waals surface area contributed by atoms with Crippen molar-refractivity contribution in [2.75, 3.05) is 9.80 Å². The molecule has 2 unspecified atom stereocenters. The molecule has 0 N–H and O–H groups in total. The predicted molar refractivity (Wildman–Crippen MR) is 279 cm³/mol. The van der Waals surface area contributed by atoms with Gasteiger partial charge in [-0.1, -0.05) is 200 Å². The number of aryl methyl sites for hydroxylation is 1. The third-order valence-corrected chi connectivity index (χ3v) is 13.4. The van der Waals surface area contributed by atoms with E-state index in [1.807, 2.05) is 0 Å². The number of anilines is 4. The van der Waals surface area contributed by atoms with Crippen LogP contribution < -0.4 is 9.80 Å². The first-order chi connectivity index (χ1) is 32.7. The molecule has 0 heterocycles. The molecule has 0 aliphatic heterocycles. The van der Waals surface area contributed by atoms with Crippen LogP contribution in [0, 0.1) is 0 Å². The normalized spacial score (nSPS) is 16.4. The largest absolute Gasteiger partial charge is 0.311 e. The van der Waals surface area contributed by atoms with Gasteiger partial charge in [0.1, 0.15) is 0 Å². The summed E-state index contributed by atoms with van der Waals surface area (Å²) >= 11 is 0. The Hall–Kier alpha value is -7.94. The third-order valence-electron chi connectivity index (χ3n) is 13.4. The average Bonchev–Trinajstić information content (AvgIpc) is 3.41. The Kier molecular flexibility index (Phi) is 11.5. The monoisotopic (exact) mass is 848 g/mol. The highest BCUT2D eigenvalue weighted by molar-refractivity contribution is 5.84. The van der Waals surface area contributed by atoms with E-state index in [2.05, 4.69) is 265 Å². The van der Waals surface area contributed by atoms with Gasteiger partial charge in [-0.3, -0.25) is 0 Å². The van der Waals surface area contributed by atoms with Crippen molar-refractivity contribution in [3.63, 3.8) is 0 Å². The molecule has 0 amide bonds. The molecule has 2 nitrogen and oxygen atoms in total. The molecule has 0 saturated heterocycles. The molecule has 318 valence electrons. The second-order valence-electron chi connectivity index (χ2n) is 17.6. The number of nitrogens with zero attached hydrogens (tertiary/aromatic N) is 2. The van der Waals surface area contributed by atoms with Gasteiger partial charge in [-0.25, -0.2) is 0 Å². The Morgan fingerprint density at radius 3 is 1.48 bits per heavy atom. The zero-order valence-corrected chi connectivity index (χ0v) is 37.1. The van der Waals surface area contributed by atoms with Gasteiger partial charge in [-0.15, -0.1) is 0 Å². The highest BCUT2D eigenvalue weighted by atomic mass is 15.2. The number of rotatable bonds is 11. The van der Waals surface area contributed by atoms with Crippen molar-refractivity contribution in [1.82, 2.24) is 0 Å². The lowest BCUT2D eigenvalue weighted by molar-refractivity contribution is 0.840. The fourth-order valence-corrected chi connectivity index (χ4v) is 9.98. The van der Waals surface area contributed by atoms with Crippen LogP contribution in [0.5, 0.6) is 0 Å². The van der Waals surface area contributed by atoms with Crippen LogP contribution in [-0.4, -0.2) is 0 Å². The summed E-state index contributed by atoms with van der Waals surface area (Å²) in [5, 5.41) is 0. The second kappa shape index (κ2) is 18.6. The Labute approximate surface area is 390 Å². The maximum atomic E-state index is 2.49. The van der Waals surface area contributed by atoms with E-state index in [-0.39, 0.29) is 5.92 Å². The first-order valence-corrected chi connectivity index (χ1v) is 23.4. The van der Waals surface area contributed by atoms with Gasteiger partial charge in [-0.2, -0.15) is 0 Å². The van der Waals surface area contributed by atoms with Crippen LogP contribution in [0.25, 0.3) is 33.9 Å². The number of hydrogen-bond donors (Lipinski definition) is 0. The van der Waals surface area contributed by atoms with Crippen molar-refractivity contribution in [2.24, 2.45) is 0 Å². The lowest BCUT2D eigenvalue weighted by Crippen LogP contribution is -2.20. The smallest absolute Gasteiger partial charge is 0.0536 e. The fraction of sp³-hybridized carbons (Fsp3) is 0.0938. The molecule has 11 rings (SSSR count). The van der Waals surface area contributed by atoms with Crippen molar-refractivity contribution in [3.05, 3.63) is 288 Å². The van der Waals surface area contributed by atoms with Crippen LogP contribution in [0.4, 0.5) is 22.7 Å². The SMILES string of the molecule is C1=Cc2c(cccc2N(C2=CC(c3ccccc3)CC(c3ccccc3)=C2)c2ccc(-c3ccc(N(C4=CCC(c5ccccc5)C=C4)c4ccc(-c5ccccc5)cc4)cc3)cc2)CC1. The maximum absolute atomic E-state index is 2.49. The molecule has 3 aliphatic rings. The molecule has 0 saturated carbocycles. The quantitative estimate of drug-likeness (QED) is 0.128. The summed E-state index contributed by atoms with van der Waals surface area (Å²) in [7, 11) is 0. The van der Waals surface area contributed by atoms with Gasteiger partial charge in [0, 0.05) is 45.9 Å². The van der Waals surface area contributed by atoms with Crippen LogP contribution in [0.3, 0.4) is 0 Å². The summed E-state index contributed by atoms with van der Waals surface area (Å²) in [6.45, 7) is 0. The Bertz CT molecular complexity index is 3090. The number of allylic oxidation sites excluding steroid dienone is 7. The first kappa shape index (κ1) is 40.8. The van der Waals surface area contributed by atoms with Crippen molar-refractivity contribution in [1.29, 1.82) is 0 Å². The van der Waals surface area contributed by atoms with E-state index in [1.165, 1.54) is 72.7 Å². The zero-order valence-electron chi connectivity index (χ0n) is 37.1. The molecular weight excluding hydrogens is 797 g/mol. The molecule has 0 radical (unpaired) electrons. The van der Waals surface area contributed by atoms with Crippen LogP contribution in [-0.2, 0) is 6.42 Å². The number of benzene rings is 8. The third kappa shape index (κ3) is 8.54. The van der Waals surface area contributed by atoms with Gasteiger partial charge < -0.3 is 9.80 Å². The molecule has 2 heteroatoms. The Morgan fingerprint density at radius 2 is 0.924 bits per heavy atom. The van der Waals surface area contributed by atoms with E-state index in [9.17, 15) is 0 Å². The highest BCUT2D eigenvalue weighted by Gasteiger charge is 2.26. The molecule has 0 bridgehead atoms. The van der Waals surface area contributed by atoms with Crippen molar-refractivity contribution >= 4 is 34.4 Å². The van der Waals surface area contributed by atoms with E-state index >= 15 is 0 Å². The summed E-state index contributed by atoms with van der Waals surface area (Å²) < 4.78 is 0. The van der Waals surface area contributed by atoms with E-state index in [1.54, 1.807) is 0 Å². The van der Waals surface area contributed by atoms with E-state index in [0.717, 1.165) is 42.7 Å². The molecular formula is C64H52N2. The minimum atomic E-state index is 0.239. The summed E-state index contributed by atoms with van der Waals surface area (Å²) in [5.41, 5.74) is 19.8. The van der Waals surface area contributed by atoms with Crippen LogP contribution >= 0.6 is 0 Å². The van der Waals surface area contributed by atoms with E-state index in [0.29, 0.717) is 5.92 Å². The maximum Gasteiger partial charge on any atom is 0.0536 e. The summed E-state index contributed by atoms with van der Waals surface area (Å²) in [6, 6.07) is 77.4. The molecule has 2 atom stereocenters. The van der Waals surface area contributed by atoms with Crippen LogP contribution in [0.2, 0.25) is 0 Å². The van der Waals surface area contributed by atoms with Gasteiger partial charge in [-0.05, 0) is 130 Å². The topological polar surface area (TPSA) is 6.48 Å². The molecule has 8 aromatic rings. The molecule has 0 spiro atoms. The summed E-state index contributed by atoms with van der Waals surface area (Å²) in [5.74, 6) is 0.604. The molecule has 0 aromatic heterocycles. The number of hydrogen-bond acceptors (Lipinski definition) is 2. The number of fused-ring (bicyclic) bond motifs is 1. The van der Waals surface area contributed by atoms with Crippen molar-refractivity contribution in [2.45, 2.75) is 37.5 Å². The first-order valence-electron chi connectivity index (χ1n) is 23.4. The van der Waals surface area contributed by atoms with Gasteiger partial charge in [0.2, 0.25) is 0 Å². The van der Waals surface area contributed by atoms with Gasteiger partial charge in [0.05, 0.1) is 5.69 Å². The molecule has 3 aliphatic carbocycles. The lowest BCUT2D eigenvalue weighted by atomic mass is 9.84. The molecule has 66 heavy (non-hydrogen) atoms. The standard InChI is InChI=1S/C64H52N2/c1-5-16-47(17-6-1)51-28-36-58(37-29-51)65(59-38-30-52(31-39-59)48-18-7-2-8-19-48)60-40-32-53(33-41-60)54-34-42-61(43-35-54)66(64-27-15-25-55-24-13-14-26-63(55)64)62-45-56(49-20-9-3-10-21-49)44-57(46-62)50-22-11-4-12-23-50/h1-12,14-23,25-30,32-43,45-46,52,56H,13,24,31,44H2. The Balaban J connectivity index is 0.941. The van der Waals surface area contributed by atoms with E-state index < -0.39 is 0 Å². The second-order valence-corrected chi connectivity index (χ2v) is 17.6. The highest BCUT2D eigenvalue weighted by Crippen LogP contribution is 2.44. The van der Waals surface area contributed by atoms with Crippen LogP contribution in [0.15, 0.2) is 260 Å². The summed E-state index contributed by atoms with van der Waals surface area (Å²) in [4.78, 5) is 4.89. The van der Waals surface area contributed by atoms with Gasteiger partial charge in [0.15, 0.2) is 0 Å². The van der Waals surface area contributed by atoms with Crippen molar-refractivity contribution in [3.8, 4) is 22.3 Å². The summed E-state index contributed by atoms with van der Waals surface area (Å²) in [6.07, 6.45) is 20.6. The Morgan fingerprint density at radius 1 is 0.409 bits per heavy atom. The van der Waals surface area contributed by atoms with E-state index in [4.69, 9.17) is 0 Å². The minimum absolute atomic E-state index is 0.239. The van der Waals surface area contributed by atoms with Crippen LogP contribution in [0.1, 0.15) is 58.9 Å². The fourth-order valence-electron chi connectivity index (χ4n) is 9.98. The average molecular weight is 849 g/mol. The van der Waals surface area contributed by atoms with Crippen molar-refractivity contribution < 1.29 is 0 Å².